The van der Waals surface area contributed by atoms with Crippen molar-refractivity contribution in [3.05, 3.63) is 58.0 Å². The van der Waals surface area contributed by atoms with Crippen LogP contribution in [0.2, 0.25) is 0 Å². The molecule has 1 N–H and O–H groups in total. The molecule has 2 aliphatic heterocycles. The number of carbonyl (C=O) groups is 3. The van der Waals surface area contributed by atoms with E-state index < -0.39 is 11.9 Å². The highest BCUT2D eigenvalue weighted by molar-refractivity contribution is 7.12. The van der Waals surface area contributed by atoms with E-state index in [9.17, 15) is 18.8 Å². The Kier molecular flexibility index (Phi) is 6.65. The lowest BCUT2D eigenvalue weighted by atomic mass is 9.88. The lowest BCUT2D eigenvalue weighted by Crippen LogP contribution is -2.54. The van der Waals surface area contributed by atoms with Gasteiger partial charge < -0.3 is 15.1 Å². The lowest BCUT2D eigenvalue weighted by Gasteiger charge is -2.37. The molecule has 4 rings (SSSR count). The summed E-state index contributed by atoms with van der Waals surface area (Å²) in [7, 11) is 0. The Morgan fingerprint density at radius 1 is 0.968 bits per heavy atom. The molecule has 2 aromatic rings. The first kappa shape index (κ1) is 21.5. The van der Waals surface area contributed by atoms with Crippen LogP contribution < -0.4 is 5.32 Å². The fourth-order valence-corrected chi connectivity index (χ4v) is 5.00. The minimum absolute atomic E-state index is 0.0405. The van der Waals surface area contributed by atoms with Crippen LogP contribution in [0.25, 0.3) is 0 Å². The van der Waals surface area contributed by atoms with Crippen molar-refractivity contribution in [1.29, 1.82) is 0 Å². The number of carbonyl (C=O) groups excluding carboxylic acids is 3. The maximum absolute atomic E-state index is 14.0. The summed E-state index contributed by atoms with van der Waals surface area (Å²) in [5.41, 5.74) is 0.0663. The molecule has 3 amide bonds. The zero-order valence-electron chi connectivity index (χ0n) is 17.3. The van der Waals surface area contributed by atoms with Crippen LogP contribution in [0.1, 0.15) is 45.7 Å². The maximum Gasteiger partial charge on any atom is 0.262 e. The van der Waals surface area contributed by atoms with Crippen molar-refractivity contribution < 1.29 is 18.8 Å². The molecule has 31 heavy (non-hydrogen) atoms. The molecule has 2 saturated heterocycles. The molecule has 3 heterocycles. The molecule has 0 spiro atoms. The zero-order valence-corrected chi connectivity index (χ0v) is 18.1. The van der Waals surface area contributed by atoms with E-state index in [0.29, 0.717) is 30.8 Å². The summed E-state index contributed by atoms with van der Waals surface area (Å²) >= 11 is 1.34. The lowest BCUT2D eigenvalue weighted by molar-refractivity contribution is -0.134. The van der Waals surface area contributed by atoms with Crippen LogP contribution in [0.5, 0.6) is 0 Å². The molecule has 1 unspecified atom stereocenters. The second kappa shape index (κ2) is 9.60. The minimum Gasteiger partial charge on any atom is -0.341 e. The molecule has 0 radical (unpaired) electrons. The van der Waals surface area contributed by atoms with Crippen molar-refractivity contribution in [3.8, 4) is 0 Å². The topological polar surface area (TPSA) is 69.7 Å². The third-order valence-electron chi connectivity index (χ3n) is 6.12. The van der Waals surface area contributed by atoms with Gasteiger partial charge in [0.1, 0.15) is 11.9 Å². The Morgan fingerprint density at radius 3 is 2.32 bits per heavy atom. The van der Waals surface area contributed by atoms with Crippen molar-refractivity contribution in [2.75, 3.05) is 26.2 Å². The number of hydrogen-bond donors (Lipinski definition) is 1. The van der Waals surface area contributed by atoms with Gasteiger partial charge in [0, 0.05) is 26.2 Å². The summed E-state index contributed by atoms with van der Waals surface area (Å²) in [5, 5.41) is 4.80. The number of halogens is 1. The average Bonchev–Trinajstić information content (AvgIpc) is 3.51. The van der Waals surface area contributed by atoms with Crippen LogP contribution in [-0.4, -0.2) is 59.7 Å². The van der Waals surface area contributed by atoms with Gasteiger partial charge in [-0.2, -0.15) is 0 Å². The smallest absolute Gasteiger partial charge is 0.262 e. The minimum atomic E-state index is -0.613. The third-order valence-corrected chi connectivity index (χ3v) is 6.99. The molecular weight excluding hydrogens is 417 g/mol. The second-order valence-corrected chi connectivity index (χ2v) is 9.02. The first-order valence-corrected chi connectivity index (χ1v) is 11.6. The first-order valence-electron chi connectivity index (χ1n) is 10.7. The second-order valence-electron chi connectivity index (χ2n) is 8.07. The van der Waals surface area contributed by atoms with Crippen LogP contribution in [0.15, 0.2) is 41.8 Å². The predicted octanol–water partition coefficient (Wildman–Crippen LogP) is 3.16. The van der Waals surface area contributed by atoms with Gasteiger partial charge in [0.25, 0.3) is 11.8 Å². The molecule has 6 nitrogen and oxygen atoms in total. The van der Waals surface area contributed by atoms with Crippen molar-refractivity contribution in [1.82, 2.24) is 15.1 Å². The molecule has 2 fully saturated rings. The van der Waals surface area contributed by atoms with E-state index in [1.165, 1.54) is 23.5 Å². The molecule has 1 atom stereocenters. The molecule has 1 aromatic heterocycles. The van der Waals surface area contributed by atoms with E-state index in [-0.39, 0.29) is 29.2 Å². The monoisotopic (exact) mass is 443 g/mol. The molecular formula is C23H26FN3O3S. The number of piperidine rings is 1. The summed E-state index contributed by atoms with van der Waals surface area (Å²) in [4.78, 5) is 42.7. The summed E-state index contributed by atoms with van der Waals surface area (Å²) < 4.78 is 14.0. The molecule has 164 valence electrons. The maximum atomic E-state index is 14.0. The molecule has 0 aliphatic carbocycles. The van der Waals surface area contributed by atoms with E-state index in [1.807, 2.05) is 16.3 Å². The number of nitrogens with one attached hydrogen (secondary N) is 1. The van der Waals surface area contributed by atoms with E-state index in [4.69, 9.17) is 0 Å². The van der Waals surface area contributed by atoms with Gasteiger partial charge in [0.05, 0.1) is 10.4 Å². The first-order chi connectivity index (χ1) is 15.0. The van der Waals surface area contributed by atoms with Gasteiger partial charge >= 0.3 is 0 Å². The van der Waals surface area contributed by atoms with Gasteiger partial charge in [-0.3, -0.25) is 14.4 Å². The van der Waals surface area contributed by atoms with Gasteiger partial charge in [-0.15, -0.1) is 11.3 Å². The number of hydrogen-bond acceptors (Lipinski definition) is 4. The summed E-state index contributed by atoms with van der Waals surface area (Å²) in [6.07, 6.45) is 3.12. The number of benzene rings is 1. The third kappa shape index (κ3) is 4.79. The number of likely N-dealkylation sites (tertiary alicyclic amines) is 2. The Hall–Kier alpha value is -2.74. The molecule has 2 aliphatic rings. The van der Waals surface area contributed by atoms with Crippen molar-refractivity contribution in [3.63, 3.8) is 0 Å². The fourth-order valence-electron chi connectivity index (χ4n) is 4.38. The summed E-state index contributed by atoms with van der Waals surface area (Å²) in [6.45, 7) is 2.29. The summed E-state index contributed by atoms with van der Waals surface area (Å²) in [6, 6.07) is 8.92. The van der Waals surface area contributed by atoms with Gasteiger partial charge in [0.15, 0.2) is 0 Å². The van der Waals surface area contributed by atoms with Gasteiger partial charge in [0.2, 0.25) is 5.91 Å². The Balaban J connectivity index is 1.45. The Labute approximate surface area is 185 Å². The van der Waals surface area contributed by atoms with Crippen molar-refractivity contribution in [2.45, 2.75) is 31.7 Å². The zero-order chi connectivity index (χ0) is 21.8. The van der Waals surface area contributed by atoms with E-state index >= 15 is 0 Å². The standard InChI is InChI=1S/C23H26FN3O3S/c24-18-7-2-1-6-17(18)22(29)27-13-9-16(10-14-27)20(23(30)26-11-3-4-12-26)25-21(28)19-8-5-15-31-19/h1-2,5-8,15-16,20H,3-4,9-14H2,(H,25,28). The fraction of sp³-hybridized carbons (Fsp3) is 0.435. The van der Waals surface area contributed by atoms with Crippen LogP contribution >= 0.6 is 11.3 Å². The number of nitrogens with zero attached hydrogens (tertiary/aromatic N) is 2. The quantitative estimate of drug-likeness (QED) is 0.772. The van der Waals surface area contributed by atoms with Gasteiger partial charge in [-0.05, 0) is 55.2 Å². The highest BCUT2D eigenvalue weighted by atomic mass is 32.1. The van der Waals surface area contributed by atoms with Crippen molar-refractivity contribution in [2.24, 2.45) is 5.92 Å². The van der Waals surface area contributed by atoms with E-state index in [0.717, 1.165) is 25.9 Å². The Bertz CT molecular complexity index is 935. The molecule has 1 aromatic carbocycles. The SMILES string of the molecule is O=C(NC(C(=O)N1CCCC1)C1CCN(C(=O)c2ccccc2F)CC1)c1cccs1. The number of thiophene rings is 1. The van der Waals surface area contributed by atoms with E-state index in [2.05, 4.69) is 5.32 Å². The van der Waals surface area contributed by atoms with Gasteiger partial charge in [-0.25, -0.2) is 4.39 Å². The van der Waals surface area contributed by atoms with Crippen molar-refractivity contribution >= 4 is 29.1 Å². The van der Waals surface area contributed by atoms with Gasteiger partial charge in [-0.1, -0.05) is 18.2 Å². The summed E-state index contributed by atoms with van der Waals surface area (Å²) in [5.74, 6) is -1.21. The van der Waals surface area contributed by atoms with Crippen LogP contribution in [0.3, 0.4) is 0 Å². The molecule has 0 saturated carbocycles. The largest absolute Gasteiger partial charge is 0.341 e. The number of rotatable bonds is 5. The highest BCUT2D eigenvalue weighted by Gasteiger charge is 2.37. The van der Waals surface area contributed by atoms with E-state index in [1.54, 1.807) is 23.1 Å². The average molecular weight is 444 g/mol. The van der Waals surface area contributed by atoms with Crippen LogP contribution in [-0.2, 0) is 4.79 Å². The van der Waals surface area contributed by atoms with Crippen LogP contribution in [0.4, 0.5) is 4.39 Å². The predicted molar refractivity (Wildman–Crippen MR) is 116 cm³/mol. The highest BCUT2D eigenvalue weighted by Crippen LogP contribution is 2.25. The Morgan fingerprint density at radius 2 is 1.68 bits per heavy atom. The normalized spacial score (nSPS) is 18.1. The molecule has 8 heteroatoms. The van der Waals surface area contributed by atoms with Crippen LogP contribution in [0, 0.1) is 11.7 Å². The number of amides is 3. The molecule has 0 bridgehead atoms.